The topological polar surface area (TPSA) is 17.1 Å². The third kappa shape index (κ3) is 1.95. The Morgan fingerprint density at radius 2 is 1.85 bits per heavy atom. The molecule has 2 atom stereocenters. The predicted molar refractivity (Wildman–Crippen MR) is 57.3 cm³/mol. The highest BCUT2D eigenvalue weighted by Crippen LogP contribution is 2.45. The van der Waals surface area contributed by atoms with E-state index in [0.717, 1.165) is 0 Å². The van der Waals surface area contributed by atoms with Crippen LogP contribution in [-0.2, 0) is 4.79 Å². The molecule has 0 radical (unpaired) electrons. The van der Waals surface area contributed by atoms with Crippen molar-refractivity contribution in [3.05, 3.63) is 11.1 Å². The van der Waals surface area contributed by atoms with Gasteiger partial charge in [-0.3, -0.25) is 4.79 Å². The highest BCUT2D eigenvalue weighted by molar-refractivity contribution is 6.65. The van der Waals surface area contributed by atoms with Gasteiger partial charge >= 0.3 is 0 Å². The maximum absolute atomic E-state index is 11.5. The number of ketones is 1. The second-order valence-electron chi connectivity index (χ2n) is 2.92. The second kappa shape index (κ2) is 3.46. The average Bonchev–Trinajstić information content (AvgIpc) is 1.98. The Bertz CT molecular complexity index is 281. The molecular weight excluding hydrogens is 277 g/mol. The van der Waals surface area contributed by atoms with E-state index in [1.165, 1.54) is 13.0 Å². The molecule has 0 fully saturated rings. The first kappa shape index (κ1) is 11.9. The van der Waals surface area contributed by atoms with Crippen molar-refractivity contribution >= 4 is 63.8 Å². The van der Waals surface area contributed by atoms with Gasteiger partial charge in [0.2, 0.25) is 0 Å². The van der Waals surface area contributed by atoms with Crippen LogP contribution in [0.1, 0.15) is 6.92 Å². The SMILES string of the molecule is CC1(Cl)C(=O)C(Cl)(Cl)C=C(Cl)C1Cl. The quantitative estimate of drug-likeness (QED) is 0.622. The molecule has 0 bridgehead atoms. The summed E-state index contributed by atoms with van der Waals surface area (Å²) in [7, 11) is 0. The summed E-state index contributed by atoms with van der Waals surface area (Å²) >= 11 is 28.8. The summed E-state index contributed by atoms with van der Waals surface area (Å²) in [4.78, 5) is 10.2. The molecule has 0 aromatic rings. The minimum atomic E-state index is -1.68. The number of hydrogen-bond acceptors (Lipinski definition) is 1. The number of carbonyl (C=O) groups is 1. The zero-order valence-corrected chi connectivity index (χ0v) is 10.2. The number of carbonyl (C=O) groups excluding carboxylic acids is 1. The van der Waals surface area contributed by atoms with Crippen molar-refractivity contribution in [2.75, 3.05) is 0 Å². The van der Waals surface area contributed by atoms with Gasteiger partial charge in [-0.1, -0.05) is 34.8 Å². The molecule has 2 unspecified atom stereocenters. The third-order valence-electron chi connectivity index (χ3n) is 1.78. The average molecular weight is 282 g/mol. The van der Waals surface area contributed by atoms with E-state index in [-0.39, 0.29) is 5.03 Å². The molecule has 0 spiro atoms. The summed E-state index contributed by atoms with van der Waals surface area (Å²) in [6, 6.07) is 0. The molecule has 0 saturated heterocycles. The smallest absolute Gasteiger partial charge is 0.197 e. The van der Waals surface area contributed by atoms with Gasteiger partial charge in [-0.15, -0.1) is 23.2 Å². The summed E-state index contributed by atoms with van der Waals surface area (Å²) in [5.74, 6) is -0.561. The first-order valence-electron chi connectivity index (χ1n) is 3.33. The Labute approximate surface area is 101 Å². The lowest BCUT2D eigenvalue weighted by atomic mass is 9.92. The number of rotatable bonds is 0. The molecule has 0 aromatic heterocycles. The Hall–Kier alpha value is 0.860. The first-order chi connectivity index (χ1) is 5.69. The predicted octanol–water partition coefficient (Wildman–Crippen LogP) is 3.47. The molecule has 0 N–H and O–H groups in total. The van der Waals surface area contributed by atoms with Gasteiger partial charge in [-0.2, -0.15) is 0 Å². The molecule has 0 saturated carbocycles. The van der Waals surface area contributed by atoms with Gasteiger partial charge in [0.15, 0.2) is 10.1 Å². The van der Waals surface area contributed by atoms with Crippen molar-refractivity contribution in [3.8, 4) is 0 Å². The van der Waals surface area contributed by atoms with Gasteiger partial charge in [-0.05, 0) is 13.0 Å². The van der Waals surface area contributed by atoms with Crippen LogP contribution in [0.3, 0.4) is 0 Å². The molecule has 0 aromatic carbocycles. The Kier molecular flexibility index (Phi) is 3.18. The van der Waals surface area contributed by atoms with Crippen LogP contribution < -0.4 is 0 Å². The van der Waals surface area contributed by atoms with Gasteiger partial charge < -0.3 is 0 Å². The number of halogens is 5. The van der Waals surface area contributed by atoms with Gasteiger partial charge in [0.1, 0.15) is 4.87 Å². The highest BCUT2D eigenvalue weighted by atomic mass is 35.5. The number of Topliss-reactive ketones (excluding diaryl/α,β-unsaturated/α-hetero) is 1. The van der Waals surface area contributed by atoms with E-state index in [2.05, 4.69) is 0 Å². The number of hydrogen-bond donors (Lipinski definition) is 0. The van der Waals surface area contributed by atoms with Crippen molar-refractivity contribution in [2.24, 2.45) is 0 Å². The number of allylic oxidation sites excluding steroid dienone is 2. The fourth-order valence-electron chi connectivity index (χ4n) is 1.01. The molecule has 0 heterocycles. The van der Waals surface area contributed by atoms with Gasteiger partial charge in [0, 0.05) is 5.03 Å². The summed E-state index contributed by atoms with van der Waals surface area (Å²) < 4.78 is -1.68. The molecule has 1 nitrogen and oxygen atoms in total. The fraction of sp³-hybridized carbons (Fsp3) is 0.571. The lowest BCUT2D eigenvalue weighted by Gasteiger charge is -2.34. The first-order valence-corrected chi connectivity index (χ1v) is 5.28. The standard InChI is InChI=1S/C7H5Cl5O/c1-6(10)4(9)3(8)2-7(11,12)5(6)13/h2,4H,1H3. The Morgan fingerprint density at radius 3 is 2.31 bits per heavy atom. The van der Waals surface area contributed by atoms with Gasteiger partial charge in [0.05, 0.1) is 5.38 Å². The third-order valence-corrected chi connectivity index (χ3v) is 3.96. The van der Waals surface area contributed by atoms with Crippen molar-refractivity contribution < 1.29 is 4.79 Å². The lowest BCUT2D eigenvalue weighted by molar-refractivity contribution is -0.121. The molecule has 13 heavy (non-hydrogen) atoms. The molecule has 1 aliphatic rings. The summed E-state index contributed by atoms with van der Waals surface area (Å²) in [6.07, 6.45) is 1.20. The molecule has 1 aliphatic carbocycles. The Morgan fingerprint density at radius 1 is 1.38 bits per heavy atom. The largest absolute Gasteiger partial charge is 0.294 e. The minimum absolute atomic E-state index is 0.184. The van der Waals surface area contributed by atoms with Crippen LogP contribution >= 0.6 is 58.0 Å². The molecule has 0 aliphatic heterocycles. The minimum Gasteiger partial charge on any atom is -0.294 e. The second-order valence-corrected chi connectivity index (χ2v) is 5.96. The summed E-state index contributed by atoms with van der Waals surface area (Å²) in [5.41, 5.74) is 0. The number of alkyl halides is 4. The van der Waals surface area contributed by atoms with E-state index in [4.69, 9.17) is 58.0 Å². The maximum atomic E-state index is 11.5. The van der Waals surface area contributed by atoms with Crippen molar-refractivity contribution in [1.82, 2.24) is 0 Å². The van der Waals surface area contributed by atoms with Crippen LogP contribution in [0.4, 0.5) is 0 Å². The van der Waals surface area contributed by atoms with Crippen LogP contribution in [-0.4, -0.2) is 20.4 Å². The highest BCUT2D eigenvalue weighted by Gasteiger charge is 2.52. The van der Waals surface area contributed by atoms with E-state index in [1.54, 1.807) is 0 Å². The van der Waals surface area contributed by atoms with Crippen molar-refractivity contribution in [2.45, 2.75) is 21.5 Å². The monoisotopic (exact) mass is 280 g/mol. The van der Waals surface area contributed by atoms with Crippen LogP contribution in [0.25, 0.3) is 0 Å². The summed E-state index contributed by atoms with van der Waals surface area (Å²) in [6.45, 7) is 1.43. The van der Waals surface area contributed by atoms with E-state index >= 15 is 0 Å². The van der Waals surface area contributed by atoms with Crippen LogP contribution in [0, 0.1) is 0 Å². The normalized spacial score (nSPS) is 38.8. The van der Waals surface area contributed by atoms with Gasteiger partial charge in [-0.25, -0.2) is 0 Å². The van der Waals surface area contributed by atoms with Crippen molar-refractivity contribution in [3.63, 3.8) is 0 Å². The maximum Gasteiger partial charge on any atom is 0.197 e. The van der Waals surface area contributed by atoms with E-state index in [0.29, 0.717) is 0 Å². The van der Waals surface area contributed by atoms with Crippen molar-refractivity contribution in [1.29, 1.82) is 0 Å². The zero-order chi connectivity index (χ0) is 10.4. The molecule has 0 amide bonds. The molecule has 74 valence electrons. The van der Waals surface area contributed by atoms with Crippen LogP contribution in [0.5, 0.6) is 0 Å². The zero-order valence-electron chi connectivity index (χ0n) is 6.45. The Balaban J connectivity index is 3.24. The molecular formula is C7H5Cl5O. The van der Waals surface area contributed by atoms with E-state index in [9.17, 15) is 4.79 Å². The lowest BCUT2D eigenvalue weighted by Crippen LogP contribution is -2.50. The molecule has 1 rings (SSSR count). The van der Waals surface area contributed by atoms with Crippen LogP contribution in [0.15, 0.2) is 11.1 Å². The molecule has 6 heteroatoms. The van der Waals surface area contributed by atoms with E-state index in [1.807, 2.05) is 0 Å². The summed E-state index contributed by atoms with van der Waals surface area (Å²) in [5, 5.41) is -0.613. The van der Waals surface area contributed by atoms with Crippen LogP contribution in [0.2, 0.25) is 0 Å². The van der Waals surface area contributed by atoms with E-state index < -0.39 is 20.4 Å². The van der Waals surface area contributed by atoms with Gasteiger partial charge in [0.25, 0.3) is 0 Å². The fourth-order valence-corrected chi connectivity index (χ4v) is 2.71.